The monoisotopic (exact) mass is 328 g/mol. The molecular formula is C13H19N3O5P+. The fraction of sp³-hybridized carbons (Fsp3) is 0.462. The summed E-state index contributed by atoms with van der Waals surface area (Å²) >= 11 is 0. The molecule has 0 aliphatic heterocycles. The Morgan fingerprint density at radius 1 is 1.32 bits per heavy atom. The van der Waals surface area contributed by atoms with Gasteiger partial charge in [-0.2, -0.15) is 5.26 Å². The molecule has 0 bridgehead atoms. The predicted octanol–water partition coefficient (Wildman–Crippen LogP) is 3.62. The van der Waals surface area contributed by atoms with Gasteiger partial charge < -0.3 is 5.32 Å². The van der Waals surface area contributed by atoms with Gasteiger partial charge in [-0.3, -0.25) is 10.1 Å². The number of nitrogens with zero attached hydrogens (tertiary/aromatic N) is 2. The van der Waals surface area contributed by atoms with Crippen molar-refractivity contribution in [1.29, 1.82) is 5.26 Å². The van der Waals surface area contributed by atoms with E-state index in [1.165, 1.54) is 6.07 Å². The average molecular weight is 328 g/mol. The van der Waals surface area contributed by atoms with Crippen molar-refractivity contribution in [3.63, 3.8) is 0 Å². The molecule has 1 aromatic carbocycles. The van der Waals surface area contributed by atoms with Gasteiger partial charge in [0, 0.05) is 17.2 Å². The normalized spacial score (nSPS) is 9.18. The number of nitrogens with one attached hydrogen (secondary N) is 1. The molecule has 0 radical (unpaired) electrons. The van der Waals surface area contributed by atoms with Crippen molar-refractivity contribution in [2.24, 2.45) is 0 Å². The molecule has 0 aromatic heterocycles. The summed E-state index contributed by atoms with van der Waals surface area (Å²) in [4.78, 5) is 10.1. The van der Waals surface area contributed by atoms with Gasteiger partial charge in [0.15, 0.2) is 0 Å². The molecule has 9 heteroatoms. The molecule has 0 aliphatic carbocycles. The SMILES string of the molecule is CCNc1ccc(C#N)cc1[N+](=O)[O-].CCO[P+](=O)OCC. The molecule has 0 fully saturated rings. The van der Waals surface area contributed by atoms with E-state index < -0.39 is 13.2 Å². The van der Waals surface area contributed by atoms with Crippen molar-refractivity contribution in [3.05, 3.63) is 33.9 Å². The zero-order valence-corrected chi connectivity index (χ0v) is 13.6. The highest BCUT2D eigenvalue weighted by Gasteiger charge is 2.16. The third kappa shape index (κ3) is 7.64. The lowest BCUT2D eigenvalue weighted by Crippen LogP contribution is -2.01. The average Bonchev–Trinajstić information content (AvgIpc) is 2.49. The van der Waals surface area contributed by atoms with Crippen LogP contribution in [0.25, 0.3) is 0 Å². The van der Waals surface area contributed by atoms with Crippen LogP contribution >= 0.6 is 8.25 Å². The van der Waals surface area contributed by atoms with Crippen molar-refractivity contribution in [2.45, 2.75) is 20.8 Å². The molecule has 0 aliphatic rings. The lowest BCUT2D eigenvalue weighted by molar-refractivity contribution is -0.384. The van der Waals surface area contributed by atoms with Gasteiger partial charge >= 0.3 is 8.25 Å². The van der Waals surface area contributed by atoms with Gasteiger partial charge in [0.2, 0.25) is 0 Å². The third-order valence-electron chi connectivity index (χ3n) is 2.16. The van der Waals surface area contributed by atoms with Crippen LogP contribution in [-0.2, 0) is 13.6 Å². The smallest absolute Gasteiger partial charge is 0.380 e. The van der Waals surface area contributed by atoms with E-state index in [0.29, 0.717) is 31.0 Å². The molecule has 120 valence electrons. The summed E-state index contributed by atoms with van der Waals surface area (Å²) in [5, 5.41) is 22.1. The van der Waals surface area contributed by atoms with E-state index in [1.807, 2.05) is 13.0 Å². The Kier molecular flexibility index (Phi) is 10.5. The number of rotatable bonds is 7. The van der Waals surface area contributed by atoms with Crippen molar-refractivity contribution >= 4 is 19.6 Å². The molecule has 0 heterocycles. The maximum absolute atomic E-state index is 10.6. The molecule has 22 heavy (non-hydrogen) atoms. The molecule has 1 N–H and O–H groups in total. The van der Waals surface area contributed by atoms with Crippen molar-refractivity contribution in [3.8, 4) is 6.07 Å². The number of hydrogen-bond acceptors (Lipinski definition) is 7. The van der Waals surface area contributed by atoms with Gasteiger partial charge in [-0.25, -0.2) is 0 Å². The minimum absolute atomic E-state index is 0.0640. The Labute approximate surface area is 130 Å². The minimum Gasteiger partial charge on any atom is -0.380 e. The van der Waals surface area contributed by atoms with E-state index in [4.69, 9.17) is 5.26 Å². The van der Waals surface area contributed by atoms with Crippen molar-refractivity contribution in [1.82, 2.24) is 0 Å². The molecule has 0 spiro atoms. The maximum atomic E-state index is 10.6. The van der Waals surface area contributed by atoms with E-state index in [9.17, 15) is 14.7 Å². The van der Waals surface area contributed by atoms with Gasteiger partial charge in [-0.05, 0) is 32.9 Å². The molecule has 8 nitrogen and oxygen atoms in total. The van der Waals surface area contributed by atoms with E-state index in [-0.39, 0.29) is 5.69 Å². The molecule has 0 saturated heterocycles. The van der Waals surface area contributed by atoms with E-state index in [2.05, 4.69) is 14.4 Å². The Morgan fingerprint density at radius 3 is 2.32 bits per heavy atom. The van der Waals surface area contributed by atoms with Gasteiger partial charge in [-0.1, -0.05) is 0 Å². The summed E-state index contributed by atoms with van der Waals surface area (Å²) in [6.45, 7) is 6.87. The molecule has 0 amide bonds. The zero-order chi connectivity index (χ0) is 17.0. The molecule has 1 rings (SSSR count). The second-order valence-electron chi connectivity index (χ2n) is 3.69. The van der Waals surface area contributed by atoms with E-state index in [1.54, 1.807) is 26.0 Å². The summed E-state index contributed by atoms with van der Waals surface area (Å²) < 4.78 is 19.5. The highest BCUT2D eigenvalue weighted by molar-refractivity contribution is 7.33. The lowest BCUT2D eigenvalue weighted by Gasteiger charge is -2.03. The van der Waals surface area contributed by atoms with Crippen LogP contribution in [0.3, 0.4) is 0 Å². The Hall–Kier alpha value is -2.07. The summed E-state index contributed by atoms with van der Waals surface area (Å²) in [6.07, 6.45) is 0. The van der Waals surface area contributed by atoms with Crippen LogP contribution < -0.4 is 5.32 Å². The molecule has 0 unspecified atom stereocenters. The second kappa shape index (κ2) is 11.6. The van der Waals surface area contributed by atoms with Crippen LogP contribution in [0.5, 0.6) is 0 Å². The van der Waals surface area contributed by atoms with Crippen LogP contribution in [0.4, 0.5) is 11.4 Å². The minimum atomic E-state index is -1.83. The Balaban J connectivity index is 0.000000472. The van der Waals surface area contributed by atoms with Crippen LogP contribution in [-0.4, -0.2) is 24.7 Å². The van der Waals surface area contributed by atoms with Crippen LogP contribution in [0.1, 0.15) is 26.3 Å². The highest BCUT2D eigenvalue weighted by Crippen LogP contribution is 2.24. The number of benzene rings is 1. The number of nitro benzene ring substituents is 1. The summed E-state index contributed by atoms with van der Waals surface area (Å²) in [5.41, 5.74) is 0.667. The topological polar surface area (TPSA) is 114 Å². The molecule has 0 atom stereocenters. The highest BCUT2D eigenvalue weighted by atomic mass is 31.1. The Bertz CT molecular complexity index is 537. The second-order valence-corrected chi connectivity index (χ2v) is 4.65. The van der Waals surface area contributed by atoms with Gasteiger partial charge in [0.05, 0.1) is 16.6 Å². The summed E-state index contributed by atoms with van der Waals surface area (Å²) in [6, 6.07) is 6.21. The van der Waals surface area contributed by atoms with Gasteiger partial charge in [-0.15, -0.1) is 9.05 Å². The largest absolute Gasteiger partial charge is 0.697 e. The third-order valence-corrected chi connectivity index (χ3v) is 3.10. The van der Waals surface area contributed by atoms with E-state index >= 15 is 0 Å². The van der Waals surface area contributed by atoms with Crippen LogP contribution in [0.15, 0.2) is 18.2 Å². The number of anilines is 1. The number of nitriles is 1. The van der Waals surface area contributed by atoms with Crippen LogP contribution in [0.2, 0.25) is 0 Å². The molecule has 0 saturated carbocycles. The fourth-order valence-electron chi connectivity index (χ4n) is 1.34. The van der Waals surface area contributed by atoms with Crippen LogP contribution in [0, 0.1) is 21.4 Å². The predicted molar refractivity (Wildman–Crippen MR) is 82.8 cm³/mol. The fourth-order valence-corrected chi connectivity index (χ4v) is 1.84. The zero-order valence-electron chi connectivity index (χ0n) is 12.7. The van der Waals surface area contributed by atoms with Crippen molar-refractivity contribution in [2.75, 3.05) is 25.1 Å². The quantitative estimate of drug-likeness (QED) is 0.462. The maximum Gasteiger partial charge on any atom is 0.697 e. The van der Waals surface area contributed by atoms with E-state index in [0.717, 1.165) is 0 Å². The van der Waals surface area contributed by atoms with Crippen molar-refractivity contribution < 1.29 is 18.5 Å². The van der Waals surface area contributed by atoms with Gasteiger partial charge in [0.1, 0.15) is 18.9 Å². The first kappa shape index (κ1) is 19.9. The molecule has 1 aromatic rings. The van der Waals surface area contributed by atoms with Gasteiger partial charge in [0.25, 0.3) is 5.69 Å². The standard InChI is InChI=1S/C9H9N3O2.C4H10O3P/c1-2-11-8-4-3-7(6-10)5-9(8)12(13)14;1-3-6-8(5)7-4-2/h3-5,11H,2H2,1H3;3-4H2,1-2H3/q;+1. The first-order valence-corrected chi connectivity index (χ1v) is 7.75. The lowest BCUT2D eigenvalue weighted by atomic mass is 10.2. The summed E-state index contributed by atoms with van der Waals surface area (Å²) in [7, 11) is -1.83. The number of hydrogen-bond donors (Lipinski definition) is 1. The first-order chi connectivity index (χ1) is 10.5. The summed E-state index contributed by atoms with van der Waals surface area (Å²) in [5.74, 6) is 0. The Morgan fingerprint density at radius 2 is 1.91 bits per heavy atom. The first-order valence-electron chi connectivity index (χ1n) is 6.65. The molecular weight excluding hydrogens is 309 g/mol. The number of nitro groups is 1.